The van der Waals surface area contributed by atoms with E-state index in [1.165, 1.54) is 0 Å². The Balaban J connectivity index is 2.67. The molecule has 1 rings (SSSR count). The molecule has 3 nitrogen and oxygen atoms in total. The largest absolute Gasteiger partial charge is 0.322 e. The van der Waals surface area contributed by atoms with Gasteiger partial charge in [0.25, 0.3) is 0 Å². The molecular formula is C14H20N2O. The van der Waals surface area contributed by atoms with Crippen LogP contribution in [0.2, 0.25) is 0 Å². The Bertz CT molecular complexity index is 412. The molecule has 0 aliphatic carbocycles. The number of anilines is 1. The Morgan fingerprint density at radius 1 is 1.47 bits per heavy atom. The first-order chi connectivity index (χ1) is 8.02. The normalized spacial score (nSPS) is 9.82. The molecule has 0 bridgehead atoms. The average Bonchev–Trinajstić information content (AvgIpc) is 2.25. The van der Waals surface area contributed by atoms with Crippen molar-refractivity contribution in [3.05, 3.63) is 42.0 Å². The number of amides is 2. The lowest BCUT2D eigenvalue weighted by Crippen LogP contribution is -2.35. The number of carbonyl (C=O) groups is 1. The predicted octanol–water partition coefficient (Wildman–Crippen LogP) is 3.42. The van der Waals surface area contributed by atoms with Gasteiger partial charge in [-0.05, 0) is 38.5 Å². The number of urea groups is 1. The van der Waals surface area contributed by atoms with Crippen LogP contribution in [0.25, 0.3) is 0 Å². The molecule has 0 aromatic heterocycles. The highest BCUT2D eigenvalue weighted by molar-refractivity contribution is 5.89. The second kappa shape index (κ2) is 6.09. The second-order valence-corrected chi connectivity index (χ2v) is 4.27. The van der Waals surface area contributed by atoms with Crippen LogP contribution in [0.4, 0.5) is 10.5 Å². The highest BCUT2D eigenvalue weighted by Crippen LogP contribution is 2.10. The number of likely N-dealkylation sites (N-methyl/N-ethyl adjacent to an activating group) is 1. The van der Waals surface area contributed by atoms with Crippen molar-refractivity contribution < 1.29 is 4.79 Å². The minimum atomic E-state index is -0.0823. The average molecular weight is 232 g/mol. The Hall–Kier alpha value is -1.77. The van der Waals surface area contributed by atoms with E-state index in [2.05, 4.69) is 11.9 Å². The third-order valence-electron chi connectivity index (χ3n) is 2.40. The quantitative estimate of drug-likeness (QED) is 0.792. The van der Waals surface area contributed by atoms with Crippen LogP contribution in [0.1, 0.15) is 19.4 Å². The van der Waals surface area contributed by atoms with Crippen molar-refractivity contribution in [1.82, 2.24) is 4.90 Å². The smallest absolute Gasteiger partial charge is 0.321 e. The molecular weight excluding hydrogens is 212 g/mol. The number of aryl methyl sites for hydroxylation is 1. The van der Waals surface area contributed by atoms with Crippen LogP contribution < -0.4 is 5.32 Å². The zero-order chi connectivity index (χ0) is 12.8. The lowest BCUT2D eigenvalue weighted by Gasteiger charge is -2.21. The Kier molecular flexibility index (Phi) is 4.76. The maximum Gasteiger partial charge on any atom is 0.322 e. The first kappa shape index (κ1) is 13.3. The molecule has 0 saturated carbocycles. The van der Waals surface area contributed by atoms with Crippen molar-refractivity contribution in [3.8, 4) is 0 Å². The van der Waals surface area contributed by atoms with Gasteiger partial charge < -0.3 is 10.2 Å². The number of hydrogen-bond acceptors (Lipinski definition) is 1. The fourth-order valence-corrected chi connectivity index (χ4v) is 1.58. The molecule has 0 radical (unpaired) electrons. The number of nitrogens with zero attached hydrogens (tertiary/aromatic N) is 1. The summed E-state index contributed by atoms with van der Waals surface area (Å²) in [4.78, 5) is 13.7. The summed E-state index contributed by atoms with van der Waals surface area (Å²) in [6.07, 6.45) is 0. The zero-order valence-electron chi connectivity index (χ0n) is 10.8. The topological polar surface area (TPSA) is 32.3 Å². The van der Waals surface area contributed by atoms with Crippen molar-refractivity contribution in [2.75, 3.05) is 18.4 Å². The minimum Gasteiger partial charge on any atom is -0.321 e. The van der Waals surface area contributed by atoms with E-state index in [0.29, 0.717) is 13.1 Å². The first-order valence-electron chi connectivity index (χ1n) is 5.80. The van der Waals surface area contributed by atoms with Gasteiger partial charge in [0.2, 0.25) is 0 Å². The fraction of sp³-hybridized carbons (Fsp3) is 0.357. The van der Waals surface area contributed by atoms with Gasteiger partial charge in [0.15, 0.2) is 0 Å². The summed E-state index contributed by atoms with van der Waals surface area (Å²) >= 11 is 0. The van der Waals surface area contributed by atoms with Gasteiger partial charge in [-0.25, -0.2) is 4.79 Å². The maximum absolute atomic E-state index is 12.0. The number of nitrogens with one attached hydrogen (secondary N) is 1. The van der Waals surface area contributed by atoms with Crippen LogP contribution in [0.15, 0.2) is 36.4 Å². The highest BCUT2D eigenvalue weighted by Gasteiger charge is 2.11. The molecule has 2 amide bonds. The van der Waals surface area contributed by atoms with E-state index in [0.717, 1.165) is 16.8 Å². The molecule has 0 heterocycles. The SMILES string of the molecule is C=C(C)CN(CC)C(=O)Nc1cccc(C)c1. The number of benzene rings is 1. The third kappa shape index (κ3) is 4.31. The van der Waals surface area contributed by atoms with Gasteiger partial charge in [-0.2, -0.15) is 0 Å². The van der Waals surface area contributed by atoms with Crippen molar-refractivity contribution in [1.29, 1.82) is 0 Å². The van der Waals surface area contributed by atoms with Gasteiger partial charge in [-0.1, -0.05) is 24.3 Å². The lowest BCUT2D eigenvalue weighted by atomic mass is 10.2. The molecule has 0 aliphatic heterocycles. The molecule has 0 atom stereocenters. The molecule has 0 fully saturated rings. The molecule has 0 spiro atoms. The summed E-state index contributed by atoms with van der Waals surface area (Å²) in [5.74, 6) is 0. The van der Waals surface area contributed by atoms with Crippen molar-refractivity contribution >= 4 is 11.7 Å². The van der Waals surface area contributed by atoms with E-state index in [4.69, 9.17) is 0 Å². The van der Waals surface area contributed by atoms with Crippen LogP contribution in [0.5, 0.6) is 0 Å². The Morgan fingerprint density at radius 3 is 2.71 bits per heavy atom. The molecule has 0 saturated heterocycles. The van der Waals surface area contributed by atoms with Gasteiger partial charge >= 0.3 is 6.03 Å². The highest BCUT2D eigenvalue weighted by atomic mass is 16.2. The van der Waals surface area contributed by atoms with Crippen LogP contribution >= 0.6 is 0 Å². The second-order valence-electron chi connectivity index (χ2n) is 4.27. The van der Waals surface area contributed by atoms with Gasteiger partial charge in [0, 0.05) is 18.8 Å². The van der Waals surface area contributed by atoms with Gasteiger partial charge in [-0.15, -0.1) is 0 Å². The van der Waals surface area contributed by atoms with Crippen molar-refractivity contribution in [2.24, 2.45) is 0 Å². The molecule has 1 aromatic carbocycles. The van der Waals surface area contributed by atoms with E-state index >= 15 is 0 Å². The molecule has 92 valence electrons. The van der Waals surface area contributed by atoms with E-state index in [-0.39, 0.29) is 6.03 Å². The summed E-state index contributed by atoms with van der Waals surface area (Å²) in [5.41, 5.74) is 2.94. The summed E-state index contributed by atoms with van der Waals surface area (Å²) in [6.45, 7) is 11.0. The molecule has 1 aromatic rings. The van der Waals surface area contributed by atoms with E-state index in [1.54, 1.807) is 4.90 Å². The Labute approximate surface area is 103 Å². The number of rotatable bonds is 4. The summed E-state index contributed by atoms with van der Waals surface area (Å²) in [7, 11) is 0. The fourth-order valence-electron chi connectivity index (χ4n) is 1.58. The summed E-state index contributed by atoms with van der Waals surface area (Å²) < 4.78 is 0. The zero-order valence-corrected chi connectivity index (χ0v) is 10.8. The van der Waals surface area contributed by atoms with Crippen LogP contribution in [0, 0.1) is 6.92 Å². The third-order valence-corrected chi connectivity index (χ3v) is 2.40. The lowest BCUT2D eigenvalue weighted by molar-refractivity contribution is 0.218. The van der Waals surface area contributed by atoms with Crippen LogP contribution in [-0.4, -0.2) is 24.0 Å². The number of hydrogen-bond donors (Lipinski definition) is 1. The minimum absolute atomic E-state index is 0.0823. The summed E-state index contributed by atoms with van der Waals surface area (Å²) in [5, 5.41) is 2.88. The van der Waals surface area contributed by atoms with Crippen molar-refractivity contribution in [3.63, 3.8) is 0 Å². The Morgan fingerprint density at radius 2 is 2.18 bits per heavy atom. The standard InChI is InChI=1S/C14H20N2O/c1-5-16(10-11(2)3)14(17)15-13-8-6-7-12(4)9-13/h6-9H,2,5,10H2,1,3-4H3,(H,15,17). The van der Waals surface area contributed by atoms with E-state index < -0.39 is 0 Å². The molecule has 3 heteroatoms. The van der Waals surface area contributed by atoms with Gasteiger partial charge in [0.1, 0.15) is 0 Å². The van der Waals surface area contributed by atoms with E-state index in [1.807, 2.05) is 45.0 Å². The maximum atomic E-state index is 12.0. The van der Waals surface area contributed by atoms with Crippen molar-refractivity contribution in [2.45, 2.75) is 20.8 Å². The number of carbonyl (C=O) groups excluding carboxylic acids is 1. The predicted molar refractivity (Wildman–Crippen MR) is 72.3 cm³/mol. The van der Waals surface area contributed by atoms with Gasteiger partial charge in [-0.3, -0.25) is 0 Å². The van der Waals surface area contributed by atoms with Gasteiger partial charge in [0.05, 0.1) is 0 Å². The molecule has 1 N–H and O–H groups in total. The molecule has 0 unspecified atom stereocenters. The molecule has 17 heavy (non-hydrogen) atoms. The summed E-state index contributed by atoms with van der Waals surface area (Å²) in [6, 6.07) is 7.69. The first-order valence-corrected chi connectivity index (χ1v) is 5.80. The van der Waals surface area contributed by atoms with Crippen LogP contribution in [-0.2, 0) is 0 Å². The monoisotopic (exact) mass is 232 g/mol. The van der Waals surface area contributed by atoms with Crippen LogP contribution in [0.3, 0.4) is 0 Å². The van der Waals surface area contributed by atoms with E-state index in [9.17, 15) is 4.79 Å². The molecule has 0 aliphatic rings.